The van der Waals surface area contributed by atoms with Crippen LogP contribution in [0.3, 0.4) is 0 Å². The van der Waals surface area contributed by atoms with E-state index < -0.39 is 0 Å². The Morgan fingerprint density at radius 2 is 1.95 bits per heavy atom. The topological polar surface area (TPSA) is 47.3 Å². The minimum Gasteiger partial charge on any atom is -0.489 e. The molecular weight excluding hydrogens is 370 g/mol. The lowest BCUT2D eigenvalue weighted by Crippen LogP contribution is -2.08. The first-order valence-corrected chi connectivity index (χ1v) is 7.32. The Hall–Kier alpha value is -1.50. The lowest BCUT2D eigenvalue weighted by atomic mass is 10.2. The van der Waals surface area contributed by atoms with Crippen molar-refractivity contribution in [2.24, 2.45) is 0 Å². The van der Waals surface area contributed by atoms with Gasteiger partial charge in [0.1, 0.15) is 11.6 Å². The summed E-state index contributed by atoms with van der Waals surface area (Å²) in [6.07, 6.45) is 0.0542. The summed E-state index contributed by atoms with van der Waals surface area (Å²) in [7, 11) is 0. The summed E-state index contributed by atoms with van der Waals surface area (Å²) in [6, 6.07) is 10.1. The van der Waals surface area contributed by atoms with Crippen LogP contribution in [0.1, 0.15) is 13.8 Å². The fraction of sp³-hybridized carbons (Fsp3) is 0.200. The number of nitrogen functional groups attached to an aromatic ring is 1. The smallest absolute Gasteiger partial charge is 0.144 e. The van der Waals surface area contributed by atoms with Crippen LogP contribution in [-0.4, -0.2) is 6.10 Å². The molecule has 0 aliphatic heterocycles. The maximum atomic E-state index is 13.1. The fourth-order valence-corrected chi connectivity index (χ4v) is 2.36. The van der Waals surface area contributed by atoms with Crippen molar-refractivity contribution in [2.45, 2.75) is 20.0 Å². The largest absolute Gasteiger partial charge is 0.489 e. The molecular formula is C15H16FIN2O. The predicted octanol–water partition coefficient (Wildman–Crippen LogP) is 4.54. The van der Waals surface area contributed by atoms with Gasteiger partial charge in [0.15, 0.2) is 0 Å². The number of rotatable bonds is 4. The number of hydrogen-bond acceptors (Lipinski definition) is 3. The molecule has 0 saturated heterocycles. The van der Waals surface area contributed by atoms with Crippen molar-refractivity contribution in [2.75, 3.05) is 11.1 Å². The van der Waals surface area contributed by atoms with Crippen LogP contribution in [0, 0.1) is 9.39 Å². The fourth-order valence-electron chi connectivity index (χ4n) is 1.75. The Bertz CT molecular complexity index is 617. The number of hydrogen-bond donors (Lipinski definition) is 2. The van der Waals surface area contributed by atoms with Gasteiger partial charge in [0.25, 0.3) is 0 Å². The monoisotopic (exact) mass is 386 g/mol. The zero-order valence-corrected chi connectivity index (χ0v) is 13.4. The standard InChI is InChI=1S/C15H16FIN2O/c1-9(2)20-14-5-3-4-13(15(14)18)19-12-7-6-10(16)8-11(12)17/h3-9,19H,18H2,1-2H3. The second-order valence-corrected chi connectivity index (χ2v) is 5.80. The summed E-state index contributed by atoms with van der Waals surface area (Å²) in [6.45, 7) is 3.89. The summed E-state index contributed by atoms with van der Waals surface area (Å²) in [5.41, 5.74) is 8.19. The summed E-state index contributed by atoms with van der Waals surface area (Å²) in [5, 5.41) is 3.20. The van der Waals surface area contributed by atoms with Crippen molar-refractivity contribution in [1.29, 1.82) is 0 Å². The number of benzene rings is 2. The maximum Gasteiger partial charge on any atom is 0.144 e. The molecule has 2 aromatic carbocycles. The van der Waals surface area contributed by atoms with E-state index in [2.05, 4.69) is 27.9 Å². The molecule has 2 rings (SSSR count). The molecule has 0 saturated carbocycles. The summed E-state index contributed by atoms with van der Waals surface area (Å²) in [5.74, 6) is 0.381. The van der Waals surface area contributed by atoms with Gasteiger partial charge in [0, 0.05) is 3.57 Å². The van der Waals surface area contributed by atoms with Crippen molar-refractivity contribution >= 4 is 39.7 Å². The Morgan fingerprint density at radius 3 is 2.60 bits per heavy atom. The molecule has 0 amide bonds. The normalized spacial score (nSPS) is 10.7. The highest BCUT2D eigenvalue weighted by Gasteiger charge is 2.09. The van der Waals surface area contributed by atoms with E-state index in [-0.39, 0.29) is 11.9 Å². The molecule has 5 heteroatoms. The van der Waals surface area contributed by atoms with E-state index in [0.29, 0.717) is 11.4 Å². The molecule has 3 N–H and O–H groups in total. The van der Waals surface area contributed by atoms with E-state index in [4.69, 9.17) is 10.5 Å². The molecule has 0 fully saturated rings. The molecule has 0 bridgehead atoms. The van der Waals surface area contributed by atoms with Gasteiger partial charge >= 0.3 is 0 Å². The highest BCUT2D eigenvalue weighted by Crippen LogP contribution is 2.33. The van der Waals surface area contributed by atoms with E-state index in [1.165, 1.54) is 12.1 Å². The van der Waals surface area contributed by atoms with E-state index in [0.717, 1.165) is 14.9 Å². The quantitative estimate of drug-likeness (QED) is 0.599. The maximum absolute atomic E-state index is 13.1. The second-order valence-electron chi connectivity index (χ2n) is 4.63. The summed E-state index contributed by atoms with van der Waals surface area (Å²) >= 11 is 2.08. The van der Waals surface area contributed by atoms with Crippen LogP contribution in [0.4, 0.5) is 21.5 Å². The number of nitrogens with two attached hydrogens (primary N) is 1. The van der Waals surface area contributed by atoms with Gasteiger partial charge in [0.05, 0.1) is 23.2 Å². The van der Waals surface area contributed by atoms with Gasteiger partial charge in [-0.2, -0.15) is 0 Å². The first-order chi connectivity index (χ1) is 9.47. The molecule has 0 heterocycles. The van der Waals surface area contributed by atoms with E-state index in [1.807, 2.05) is 32.0 Å². The van der Waals surface area contributed by atoms with Crippen molar-refractivity contribution < 1.29 is 9.13 Å². The Labute approximate surface area is 131 Å². The third kappa shape index (κ3) is 3.53. The Kier molecular flexibility index (Phi) is 4.69. The highest BCUT2D eigenvalue weighted by atomic mass is 127. The van der Waals surface area contributed by atoms with Crippen molar-refractivity contribution in [3.05, 3.63) is 45.8 Å². The zero-order valence-electron chi connectivity index (χ0n) is 11.3. The van der Waals surface area contributed by atoms with Gasteiger partial charge in [-0.15, -0.1) is 0 Å². The number of anilines is 3. The number of ether oxygens (including phenoxy) is 1. The predicted molar refractivity (Wildman–Crippen MR) is 89.0 cm³/mol. The number of nitrogens with one attached hydrogen (secondary N) is 1. The average Bonchev–Trinajstić information content (AvgIpc) is 2.36. The molecule has 0 atom stereocenters. The van der Waals surface area contributed by atoms with Gasteiger partial charge in [-0.05, 0) is 66.8 Å². The van der Waals surface area contributed by atoms with Crippen LogP contribution in [0.2, 0.25) is 0 Å². The number of para-hydroxylation sites is 1. The molecule has 0 radical (unpaired) electrons. The lowest BCUT2D eigenvalue weighted by Gasteiger charge is -2.16. The first-order valence-electron chi connectivity index (χ1n) is 6.24. The third-order valence-electron chi connectivity index (χ3n) is 2.63. The molecule has 3 nitrogen and oxygen atoms in total. The summed E-state index contributed by atoms with van der Waals surface area (Å²) < 4.78 is 19.5. The molecule has 0 unspecified atom stereocenters. The third-order valence-corrected chi connectivity index (χ3v) is 3.52. The van der Waals surface area contributed by atoms with E-state index >= 15 is 0 Å². The Balaban J connectivity index is 2.29. The van der Waals surface area contributed by atoms with Crippen molar-refractivity contribution in [3.63, 3.8) is 0 Å². The van der Waals surface area contributed by atoms with Crippen LogP contribution < -0.4 is 15.8 Å². The van der Waals surface area contributed by atoms with Crippen LogP contribution in [0.5, 0.6) is 5.75 Å². The minimum atomic E-state index is -0.259. The van der Waals surface area contributed by atoms with E-state index in [9.17, 15) is 4.39 Å². The average molecular weight is 386 g/mol. The van der Waals surface area contributed by atoms with Crippen LogP contribution in [0.15, 0.2) is 36.4 Å². The molecule has 2 aromatic rings. The van der Waals surface area contributed by atoms with Crippen LogP contribution in [0.25, 0.3) is 0 Å². The van der Waals surface area contributed by atoms with Gasteiger partial charge in [0.2, 0.25) is 0 Å². The molecule has 0 aliphatic rings. The van der Waals surface area contributed by atoms with Crippen LogP contribution >= 0.6 is 22.6 Å². The number of halogens is 2. The van der Waals surface area contributed by atoms with Gasteiger partial charge in [-0.3, -0.25) is 0 Å². The molecule has 0 aromatic heterocycles. The second kappa shape index (κ2) is 6.30. The van der Waals surface area contributed by atoms with Crippen molar-refractivity contribution in [1.82, 2.24) is 0 Å². The Morgan fingerprint density at radius 1 is 1.20 bits per heavy atom. The zero-order chi connectivity index (χ0) is 14.7. The van der Waals surface area contributed by atoms with E-state index in [1.54, 1.807) is 6.07 Å². The van der Waals surface area contributed by atoms with Crippen molar-refractivity contribution in [3.8, 4) is 5.75 Å². The molecule has 0 spiro atoms. The van der Waals surface area contributed by atoms with Gasteiger partial charge in [-0.25, -0.2) is 4.39 Å². The molecule has 0 aliphatic carbocycles. The summed E-state index contributed by atoms with van der Waals surface area (Å²) in [4.78, 5) is 0. The molecule has 106 valence electrons. The van der Waals surface area contributed by atoms with Gasteiger partial charge < -0.3 is 15.8 Å². The minimum absolute atomic E-state index is 0.0542. The molecule has 20 heavy (non-hydrogen) atoms. The highest BCUT2D eigenvalue weighted by molar-refractivity contribution is 14.1. The van der Waals surface area contributed by atoms with Crippen LogP contribution in [-0.2, 0) is 0 Å². The first kappa shape index (κ1) is 14.9. The lowest BCUT2D eigenvalue weighted by molar-refractivity contribution is 0.244. The van der Waals surface area contributed by atoms with Gasteiger partial charge in [-0.1, -0.05) is 6.07 Å². The SMILES string of the molecule is CC(C)Oc1cccc(Nc2ccc(F)cc2I)c1N.